The summed E-state index contributed by atoms with van der Waals surface area (Å²) in [7, 11) is 0. The van der Waals surface area contributed by atoms with Gasteiger partial charge in [0.1, 0.15) is 0 Å². The standard InChI is InChI=1S/C14H10O3.Ni/c15-13(11-7-3-1-4-8-11)17-14(16)12-9-5-2-6-10-12;/h1-10H;. The zero-order valence-corrected chi connectivity index (χ0v) is 10.3. The van der Waals surface area contributed by atoms with Gasteiger partial charge in [0, 0.05) is 16.5 Å². The molecule has 0 aromatic heterocycles. The third-order valence-electron chi connectivity index (χ3n) is 2.20. The SMILES string of the molecule is O=C(OC(=O)c1ccccc1)c1ccccc1.[Ni]. The number of carbonyl (C=O) groups is 2. The smallest absolute Gasteiger partial charge is 0.346 e. The van der Waals surface area contributed by atoms with Crippen molar-refractivity contribution in [2.45, 2.75) is 0 Å². The zero-order valence-electron chi connectivity index (χ0n) is 9.31. The van der Waals surface area contributed by atoms with Crippen LogP contribution in [-0.2, 0) is 21.2 Å². The molecule has 0 N–H and O–H groups in total. The summed E-state index contributed by atoms with van der Waals surface area (Å²) in [6.45, 7) is 0. The number of benzene rings is 2. The summed E-state index contributed by atoms with van der Waals surface area (Å²) < 4.78 is 4.74. The summed E-state index contributed by atoms with van der Waals surface area (Å²) in [4.78, 5) is 23.2. The zero-order chi connectivity index (χ0) is 12.1. The fourth-order valence-corrected chi connectivity index (χ4v) is 1.35. The molecule has 0 saturated carbocycles. The van der Waals surface area contributed by atoms with E-state index in [0.717, 1.165) is 0 Å². The molecule has 0 saturated heterocycles. The van der Waals surface area contributed by atoms with Crippen LogP contribution in [0.2, 0.25) is 0 Å². The Balaban J connectivity index is 0.00000162. The van der Waals surface area contributed by atoms with E-state index < -0.39 is 11.9 Å². The van der Waals surface area contributed by atoms with Gasteiger partial charge in [0.05, 0.1) is 11.1 Å². The molecular formula is C14H10NiO3. The maximum absolute atomic E-state index is 11.6. The first kappa shape index (κ1) is 14.1. The molecule has 2 aromatic carbocycles. The van der Waals surface area contributed by atoms with E-state index in [-0.39, 0.29) is 16.5 Å². The van der Waals surface area contributed by atoms with Crippen LogP contribution < -0.4 is 0 Å². The maximum Gasteiger partial charge on any atom is 0.346 e. The number of carbonyl (C=O) groups excluding carboxylic acids is 2. The molecule has 0 aliphatic carbocycles. The van der Waals surface area contributed by atoms with E-state index in [1.165, 1.54) is 0 Å². The molecule has 0 aliphatic rings. The summed E-state index contributed by atoms with van der Waals surface area (Å²) in [6, 6.07) is 16.8. The minimum atomic E-state index is -0.639. The molecule has 0 aliphatic heterocycles. The van der Waals surface area contributed by atoms with Crippen LogP contribution in [0.15, 0.2) is 60.7 Å². The molecule has 0 unspecified atom stereocenters. The van der Waals surface area contributed by atoms with Crippen molar-refractivity contribution < 1.29 is 30.8 Å². The van der Waals surface area contributed by atoms with Crippen LogP contribution in [0.25, 0.3) is 0 Å². The average molecular weight is 285 g/mol. The Morgan fingerprint density at radius 3 is 1.33 bits per heavy atom. The Morgan fingerprint density at radius 2 is 1.00 bits per heavy atom. The van der Waals surface area contributed by atoms with Gasteiger partial charge in [-0.15, -0.1) is 0 Å². The first-order chi connectivity index (χ1) is 8.27. The van der Waals surface area contributed by atoms with Crippen molar-refractivity contribution >= 4 is 11.9 Å². The summed E-state index contributed by atoms with van der Waals surface area (Å²) >= 11 is 0. The molecule has 0 heterocycles. The molecule has 2 rings (SSSR count). The van der Waals surface area contributed by atoms with Crippen molar-refractivity contribution in [2.75, 3.05) is 0 Å². The summed E-state index contributed by atoms with van der Waals surface area (Å²) in [5, 5.41) is 0. The quantitative estimate of drug-likeness (QED) is 0.484. The van der Waals surface area contributed by atoms with E-state index in [2.05, 4.69) is 0 Å². The van der Waals surface area contributed by atoms with Gasteiger partial charge < -0.3 is 4.74 Å². The molecule has 0 bridgehead atoms. The molecule has 0 fully saturated rings. The van der Waals surface area contributed by atoms with Crippen LogP contribution in [0, 0.1) is 0 Å². The second-order valence-corrected chi connectivity index (χ2v) is 3.41. The van der Waals surface area contributed by atoms with Gasteiger partial charge in [0.25, 0.3) is 0 Å². The number of ether oxygens (including phenoxy) is 1. The molecule has 0 spiro atoms. The van der Waals surface area contributed by atoms with Gasteiger partial charge in [-0.25, -0.2) is 9.59 Å². The Labute approximate surface area is 115 Å². The summed E-state index contributed by atoms with van der Waals surface area (Å²) in [6.07, 6.45) is 0. The van der Waals surface area contributed by atoms with Gasteiger partial charge in [0.15, 0.2) is 0 Å². The van der Waals surface area contributed by atoms with Gasteiger partial charge in [-0.1, -0.05) is 36.4 Å². The van der Waals surface area contributed by atoms with Crippen molar-refractivity contribution in [1.29, 1.82) is 0 Å². The molecule has 0 atom stereocenters. The van der Waals surface area contributed by atoms with Crippen LogP contribution in [0.5, 0.6) is 0 Å². The van der Waals surface area contributed by atoms with Crippen molar-refractivity contribution in [2.24, 2.45) is 0 Å². The van der Waals surface area contributed by atoms with Gasteiger partial charge in [0.2, 0.25) is 0 Å². The van der Waals surface area contributed by atoms with Crippen molar-refractivity contribution in [3.63, 3.8) is 0 Å². The Bertz CT molecular complexity index is 474. The van der Waals surface area contributed by atoms with Crippen LogP contribution in [0.3, 0.4) is 0 Å². The Hall–Kier alpha value is -1.93. The fourth-order valence-electron chi connectivity index (χ4n) is 1.35. The van der Waals surface area contributed by atoms with Crippen LogP contribution >= 0.6 is 0 Å². The van der Waals surface area contributed by atoms with Gasteiger partial charge >= 0.3 is 11.9 Å². The summed E-state index contributed by atoms with van der Waals surface area (Å²) in [5.41, 5.74) is 0.716. The number of esters is 2. The van der Waals surface area contributed by atoms with Gasteiger partial charge in [-0.05, 0) is 24.3 Å². The molecule has 4 heteroatoms. The van der Waals surface area contributed by atoms with Crippen molar-refractivity contribution in [1.82, 2.24) is 0 Å². The van der Waals surface area contributed by atoms with Crippen molar-refractivity contribution in [3.05, 3.63) is 71.8 Å². The molecular weight excluding hydrogens is 275 g/mol. The normalized spacial score (nSPS) is 9.11. The van der Waals surface area contributed by atoms with E-state index in [9.17, 15) is 9.59 Å². The van der Waals surface area contributed by atoms with E-state index in [1.54, 1.807) is 60.7 Å². The topological polar surface area (TPSA) is 43.4 Å². The minimum absolute atomic E-state index is 0. The third-order valence-corrected chi connectivity index (χ3v) is 2.20. The summed E-state index contributed by atoms with van der Waals surface area (Å²) in [5.74, 6) is -1.28. The van der Waals surface area contributed by atoms with Crippen LogP contribution in [0.4, 0.5) is 0 Å². The van der Waals surface area contributed by atoms with E-state index in [4.69, 9.17) is 4.74 Å². The predicted molar refractivity (Wildman–Crippen MR) is 62.6 cm³/mol. The van der Waals surface area contributed by atoms with Crippen molar-refractivity contribution in [3.8, 4) is 0 Å². The molecule has 3 nitrogen and oxygen atoms in total. The molecule has 94 valence electrons. The molecule has 0 amide bonds. The largest absolute Gasteiger partial charge is 0.386 e. The second-order valence-electron chi connectivity index (χ2n) is 3.41. The average Bonchev–Trinajstić information content (AvgIpc) is 2.40. The number of rotatable bonds is 2. The first-order valence-corrected chi connectivity index (χ1v) is 5.14. The third kappa shape index (κ3) is 3.54. The molecule has 18 heavy (non-hydrogen) atoms. The Kier molecular flexibility index (Phi) is 5.28. The number of hydrogen-bond acceptors (Lipinski definition) is 3. The van der Waals surface area contributed by atoms with Crippen LogP contribution in [-0.4, -0.2) is 11.9 Å². The van der Waals surface area contributed by atoms with E-state index in [0.29, 0.717) is 11.1 Å². The maximum atomic E-state index is 11.6. The number of hydrogen-bond donors (Lipinski definition) is 0. The molecule has 0 radical (unpaired) electrons. The van der Waals surface area contributed by atoms with Gasteiger partial charge in [-0.3, -0.25) is 0 Å². The first-order valence-electron chi connectivity index (χ1n) is 5.14. The minimum Gasteiger partial charge on any atom is -0.386 e. The second kappa shape index (κ2) is 6.72. The van der Waals surface area contributed by atoms with Gasteiger partial charge in [-0.2, -0.15) is 0 Å². The van der Waals surface area contributed by atoms with Crippen LogP contribution in [0.1, 0.15) is 20.7 Å². The van der Waals surface area contributed by atoms with E-state index >= 15 is 0 Å². The predicted octanol–water partition coefficient (Wildman–Crippen LogP) is 2.68. The Morgan fingerprint density at radius 1 is 0.667 bits per heavy atom. The fraction of sp³-hybridized carbons (Fsp3) is 0. The van der Waals surface area contributed by atoms with E-state index in [1.807, 2.05) is 0 Å². The monoisotopic (exact) mass is 284 g/mol. The molecule has 2 aromatic rings.